The highest BCUT2D eigenvalue weighted by Crippen LogP contribution is 2.29. The number of nitrogens with one attached hydrogen (secondary N) is 1. The van der Waals surface area contributed by atoms with Crippen molar-refractivity contribution in [2.24, 2.45) is 0 Å². The Morgan fingerprint density at radius 1 is 1.00 bits per heavy atom. The van der Waals surface area contributed by atoms with Crippen molar-refractivity contribution in [3.8, 4) is 0 Å². The van der Waals surface area contributed by atoms with Crippen LogP contribution in [-0.4, -0.2) is 23.2 Å². The molecule has 0 amide bonds. The Morgan fingerprint density at radius 3 is 2.43 bits per heavy atom. The topological polar surface area (TPSA) is 34.2 Å². The molecule has 0 aromatic carbocycles. The molecule has 1 N–H and O–H groups in total. The van der Waals surface area contributed by atoms with E-state index in [2.05, 4.69) is 23.3 Å². The van der Waals surface area contributed by atoms with Gasteiger partial charge in [0.25, 0.3) is 0 Å². The van der Waals surface area contributed by atoms with Crippen LogP contribution in [0.3, 0.4) is 0 Å². The van der Waals surface area contributed by atoms with Gasteiger partial charge in [-0.25, -0.2) is 0 Å². The summed E-state index contributed by atoms with van der Waals surface area (Å²) in [6, 6.07) is 4.72. The molecule has 21 heavy (non-hydrogen) atoms. The molecule has 3 rings (SSSR count). The third-order valence-corrected chi connectivity index (χ3v) is 4.98. The predicted molar refractivity (Wildman–Crippen MR) is 86.6 cm³/mol. The lowest BCUT2D eigenvalue weighted by Gasteiger charge is -2.33. The minimum absolute atomic E-state index is 0.501. The summed E-state index contributed by atoms with van der Waals surface area (Å²) in [5, 5.41) is 3.66. The highest BCUT2D eigenvalue weighted by atomic mass is 16.5. The quantitative estimate of drug-likeness (QED) is 0.888. The zero-order valence-corrected chi connectivity index (χ0v) is 13.2. The lowest BCUT2D eigenvalue weighted by atomic mass is 9.91. The molecule has 1 aromatic heterocycles. The second-order valence-corrected chi connectivity index (χ2v) is 6.65. The summed E-state index contributed by atoms with van der Waals surface area (Å²) in [5.41, 5.74) is 2.28. The smallest absolute Gasteiger partial charge is 0.0603 e. The zero-order valence-electron chi connectivity index (χ0n) is 13.2. The summed E-state index contributed by atoms with van der Waals surface area (Å²) in [4.78, 5) is 4.35. The fourth-order valence-corrected chi connectivity index (χ4v) is 3.67. The molecule has 3 nitrogen and oxygen atoms in total. The molecule has 3 heteroatoms. The first kappa shape index (κ1) is 14.8. The van der Waals surface area contributed by atoms with E-state index in [1.54, 1.807) is 0 Å². The van der Waals surface area contributed by atoms with Crippen LogP contribution in [0.1, 0.15) is 63.5 Å². The highest BCUT2D eigenvalue weighted by Gasteiger charge is 2.25. The van der Waals surface area contributed by atoms with Gasteiger partial charge in [0.1, 0.15) is 0 Å². The first-order chi connectivity index (χ1) is 10.3. The summed E-state index contributed by atoms with van der Waals surface area (Å²) >= 11 is 0. The third-order valence-electron chi connectivity index (χ3n) is 4.98. The van der Waals surface area contributed by atoms with E-state index in [4.69, 9.17) is 4.74 Å². The van der Waals surface area contributed by atoms with Crippen molar-refractivity contribution in [1.29, 1.82) is 0 Å². The second-order valence-electron chi connectivity index (χ2n) is 6.65. The Hall–Kier alpha value is -1.09. The fraction of sp³-hybridized carbons (Fsp3) is 0.722. The van der Waals surface area contributed by atoms with Crippen molar-refractivity contribution in [2.75, 3.05) is 5.32 Å². The normalized spacial score (nSPS) is 27.5. The predicted octanol–water partition coefficient (Wildman–Crippen LogP) is 4.46. The van der Waals surface area contributed by atoms with Gasteiger partial charge in [0.2, 0.25) is 0 Å². The van der Waals surface area contributed by atoms with Crippen LogP contribution in [0.15, 0.2) is 18.3 Å². The van der Waals surface area contributed by atoms with Crippen LogP contribution in [0.25, 0.3) is 0 Å². The maximum absolute atomic E-state index is 6.31. The molecule has 0 bridgehead atoms. The average Bonchev–Trinajstić information content (AvgIpc) is 2.52. The largest absolute Gasteiger partial charge is 0.381 e. The van der Waals surface area contributed by atoms with Gasteiger partial charge in [0, 0.05) is 12.2 Å². The SMILES string of the molecule is Cc1ncccc1NC1CCC(OC2CCCCC2)CC1. The van der Waals surface area contributed by atoms with Gasteiger partial charge >= 0.3 is 0 Å². The zero-order chi connectivity index (χ0) is 14.5. The van der Waals surface area contributed by atoms with Gasteiger partial charge in [0.05, 0.1) is 23.6 Å². The molecule has 2 aliphatic rings. The number of anilines is 1. The molecule has 0 radical (unpaired) electrons. The van der Waals surface area contributed by atoms with E-state index in [9.17, 15) is 0 Å². The van der Waals surface area contributed by atoms with Crippen LogP contribution in [0.5, 0.6) is 0 Å². The van der Waals surface area contributed by atoms with Crippen molar-refractivity contribution in [3.63, 3.8) is 0 Å². The Morgan fingerprint density at radius 2 is 1.71 bits per heavy atom. The van der Waals surface area contributed by atoms with Crippen molar-refractivity contribution < 1.29 is 4.74 Å². The van der Waals surface area contributed by atoms with Gasteiger partial charge < -0.3 is 10.1 Å². The number of ether oxygens (including phenoxy) is 1. The average molecular weight is 288 g/mol. The van der Waals surface area contributed by atoms with Crippen molar-refractivity contribution >= 4 is 5.69 Å². The minimum Gasteiger partial charge on any atom is -0.381 e. The van der Waals surface area contributed by atoms with Crippen LogP contribution in [0, 0.1) is 6.92 Å². The Bertz CT molecular complexity index is 435. The minimum atomic E-state index is 0.501. The molecular formula is C18H28N2O. The fourth-order valence-electron chi connectivity index (χ4n) is 3.67. The molecule has 1 aromatic rings. The summed E-state index contributed by atoms with van der Waals surface area (Å²) in [7, 11) is 0. The van der Waals surface area contributed by atoms with E-state index in [0.717, 1.165) is 5.69 Å². The van der Waals surface area contributed by atoms with Crippen molar-refractivity contribution in [2.45, 2.75) is 83.0 Å². The van der Waals surface area contributed by atoms with Crippen LogP contribution >= 0.6 is 0 Å². The van der Waals surface area contributed by atoms with Gasteiger partial charge in [-0.05, 0) is 57.6 Å². The number of hydrogen-bond donors (Lipinski definition) is 1. The summed E-state index contributed by atoms with van der Waals surface area (Å²) < 4.78 is 6.31. The molecule has 0 aliphatic heterocycles. The number of hydrogen-bond acceptors (Lipinski definition) is 3. The van der Waals surface area contributed by atoms with Gasteiger partial charge in [0.15, 0.2) is 0 Å². The first-order valence-electron chi connectivity index (χ1n) is 8.65. The van der Waals surface area contributed by atoms with Crippen molar-refractivity contribution in [3.05, 3.63) is 24.0 Å². The van der Waals surface area contributed by atoms with E-state index in [-0.39, 0.29) is 0 Å². The van der Waals surface area contributed by atoms with E-state index >= 15 is 0 Å². The second kappa shape index (κ2) is 7.26. The van der Waals surface area contributed by atoms with E-state index in [1.807, 2.05) is 12.3 Å². The highest BCUT2D eigenvalue weighted by molar-refractivity contribution is 5.47. The number of pyridine rings is 1. The standard InChI is InChI=1S/C18H28N2O/c1-14-18(8-5-13-19-14)20-15-9-11-17(12-10-15)21-16-6-3-2-4-7-16/h5,8,13,15-17,20H,2-4,6-7,9-12H2,1H3. The first-order valence-corrected chi connectivity index (χ1v) is 8.65. The molecule has 2 fully saturated rings. The number of nitrogens with zero attached hydrogens (tertiary/aromatic N) is 1. The Labute approximate surface area is 128 Å². The van der Waals surface area contributed by atoms with Crippen LogP contribution in [0.4, 0.5) is 5.69 Å². The van der Waals surface area contributed by atoms with E-state index in [1.165, 1.54) is 63.5 Å². The van der Waals surface area contributed by atoms with E-state index < -0.39 is 0 Å². The van der Waals surface area contributed by atoms with Crippen LogP contribution in [-0.2, 0) is 4.74 Å². The van der Waals surface area contributed by atoms with Gasteiger partial charge in [-0.1, -0.05) is 19.3 Å². The lowest BCUT2D eigenvalue weighted by molar-refractivity contribution is -0.0461. The molecule has 0 unspecified atom stereocenters. The van der Waals surface area contributed by atoms with Gasteiger partial charge in [-0.3, -0.25) is 4.98 Å². The Balaban J connectivity index is 1.43. The molecule has 1 heterocycles. The molecule has 2 aliphatic carbocycles. The number of aromatic nitrogens is 1. The molecule has 0 saturated heterocycles. The lowest BCUT2D eigenvalue weighted by Crippen LogP contribution is -2.33. The molecule has 116 valence electrons. The maximum atomic E-state index is 6.31. The third kappa shape index (κ3) is 4.19. The summed E-state index contributed by atoms with van der Waals surface area (Å²) in [6.07, 6.45) is 14.4. The number of aryl methyl sites for hydroxylation is 1. The maximum Gasteiger partial charge on any atom is 0.0603 e. The van der Waals surface area contributed by atoms with E-state index in [0.29, 0.717) is 18.2 Å². The summed E-state index contributed by atoms with van der Waals surface area (Å²) in [5.74, 6) is 0. The molecule has 0 spiro atoms. The monoisotopic (exact) mass is 288 g/mol. The molecule has 2 saturated carbocycles. The van der Waals surface area contributed by atoms with Gasteiger partial charge in [-0.2, -0.15) is 0 Å². The summed E-state index contributed by atoms with van der Waals surface area (Å²) in [6.45, 7) is 2.07. The number of rotatable bonds is 4. The van der Waals surface area contributed by atoms with Crippen LogP contribution < -0.4 is 5.32 Å². The molecular weight excluding hydrogens is 260 g/mol. The van der Waals surface area contributed by atoms with Crippen LogP contribution in [0.2, 0.25) is 0 Å². The van der Waals surface area contributed by atoms with Crippen molar-refractivity contribution in [1.82, 2.24) is 4.98 Å². The van der Waals surface area contributed by atoms with Gasteiger partial charge in [-0.15, -0.1) is 0 Å². The Kier molecular flexibility index (Phi) is 5.13. The molecule has 0 atom stereocenters.